The first-order valence-electron chi connectivity index (χ1n) is 6.01. The molecule has 0 bridgehead atoms. The second-order valence-corrected chi connectivity index (χ2v) is 4.23. The number of esters is 3. The van der Waals surface area contributed by atoms with Gasteiger partial charge in [0.15, 0.2) is 18.5 Å². The normalized spacial score (nSPS) is 28.8. The van der Waals surface area contributed by atoms with Gasteiger partial charge in [0.25, 0.3) is 0 Å². The van der Waals surface area contributed by atoms with Gasteiger partial charge in [-0.2, -0.15) is 0 Å². The molecule has 20 heavy (non-hydrogen) atoms. The zero-order chi connectivity index (χ0) is 15.3. The van der Waals surface area contributed by atoms with Crippen LogP contribution in [0.15, 0.2) is 0 Å². The van der Waals surface area contributed by atoms with Crippen LogP contribution in [0.2, 0.25) is 0 Å². The molecule has 0 aromatic rings. The molecule has 0 amide bonds. The highest BCUT2D eigenvalue weighted by atomic mass is 16.7. The van der Waals surface area contributed by atoms with Crippen molar-refractivity contribution in [1.29, 1.82) is 0 Å². The zero-order valence-corrected chi connectivity index (χ0v) is 11.8. The van der Waals surface area contributed by atoms with E-state index in [-0.39, 0.29) is 6.61 Å². The van der Waals surface area contributed by atoms with Crippen molar-refractivity contribution >= 4 is 17.9 Å². The van der Waals surface area contributed by atoms with Crippen molar-refractivity contribution in [3.8, 4) is 0 Å². The van der Waals surface area contributed by atoms with Crippen LogP contribution in [-0.4, -0.2) is 56.2 Å². The van der Waals surface area contributed by atoms with Crippen LogP contribution in [0.5, 0.6) is 0 Å². The average molecular weight is 290 g/mol. The molecule has 114 valence electrons. The van der Waals surface area contributed by atoms with E-state index in [1.54, 1.807) is 0 Å². The summed E-state index contributed by atoms with van der Waals surface area (Å²) in [5.74, 6) is -1.63. The van der Waals surface area contributed by atoms with Gasteiger partial charge in [-0.3, -0.25) is 14.4 Å². The quantitative estimate of drug-likeness (QED) is 0.506. The maximum Gasteiger partial charge on any atom is 0.303 e. The molecule has 1 heterocycles. The number of rotatable bonds is 5. The van der Waals surface area contributed by atoms with Crippen molar-refractivity contribution in [3.63, 3.8) is 0 Å². The second kappa shape index (κ2) is 7.20. The molecule has 0 aliphatic carbocycles. The first-order chi connectivity index (χ1) is 9.35. The summed E-state index contributed by atoms with van der Waals surface area (Å²) >= 11 is 0. The third-order valence-corrected chi connectivity index (χ3v) is 2.55. The second-order valence-electron chi connectivity index (χ2n) is 4.23. The van der Waals surface area contributed by atoms with Gasteiger partial charge in [-0.05, 0) is 0 Å². The summed E-state index contributed by atoms with van der Waals surface area (Å²) in [7, 11) is 1.36. The lowest BCUT2D eigenvalue weighted by molar-refractivity contribution is -0.181. The highest BCUT2D eigenvalue weighted by Crippen LogP contribution is 2.27. The Bertz CT molecular complexity index is 380. The van der Waals surface area contributed by atoms with Crippen molar-refractivity contribution in [2.45, 2.75) is 45.4 Å². The molecule has 0 unspecified atom stereocenters. The molecule has 1 aliphatic heterocycles. The van der Waals surface area contributed by atoms with Gasteiger partial charge >= 0.3 is 17.9 Å². The van der Waals surface area contributed by atoms with E-state index in [1.165, 1.54) is 27.9 Å². The maximum absolute atomic E-state index is 11.1. The van der Waals surface area contributed by atoms with E-state index in [9.17, 15) is 14.4 Å². The Balaban J connectivity index is 2.84. The van der Waals surface area contributed by atoms with Gasteiger partial charge in [0.1, 0.15) is 12.7 Å². The molecule has 1 aliphatic rings. The SMILES string of the molecule is CO[C@@H]1O[C@@H](COC(C)=O)[C@H](OC(C)=O)[C@@H]1OC(C)=O. The molecule has 4 atom stereocenters. The molecule has 0 spiro atoms. The Hall–Kier alpha value is -1.67. The zero-order valence-electron chi connectivity index (χ0n) is 11.8. The smallest absolute Gasteiger partial charge is 0.303 e. The molecule has 0 aromatic heterocycles. The Morgan fingerprint density at radius 3 is 1.95 bits per heavy atom. The minimum Gasteiger partial charge on any atom is -0.463 e. The lowest BCUT2D eigenvalue weighted by Crippen LogP contribution is -2.41. The molecule has 0 saturated carbocycles. The van der Waals surface area contributed by atoms with Crippen LogP contribution >= 0.6 is 0 Å². The van der Waals surface area contributed by atoms with Gasteiger partial charge in [-0.25, -0.2) is 0 Å². The summed E-state index contributed by atoms with van der Waals surface area (Å²) in [6.07, 6.45) is -3.48. The van der Waals surface area contributed by atoms with Gasteiger partial charge in [0, 0.05) is 27.9 Å². The van der Waals surface area contributed by atoms with Crippen LogP contribution in [0.4, 0.5) is 0 Å². The van der Waals surface area contributed by atoms with Crippen molar-refractivity contribution in [2.24, 2.45) is 0 Å². The fourth-order valence-corrected chi connectivity index (χ4v) is 1.87. The van der Waals surface area contributed by atoms with E-state index in [1.807, 2.05) is 0 Å². The Morgan fingerprint density at radius 2 is 1.50 bits per heavy atom. The first-order valence-corrected chi connectivity index (χ1v) is 6.01. The lowest BCUT2D eigenvalue weighted by atomic mass is 10.1. The van der Waals surface area contributed by atoms with Crippen LogP contribution in [0.1, 0.15) is 20.8 Å². The lowest BCUT2D eigenvalue weighted by Gasteiger charge is -2.22. The third kappa shape index (κ3) is 4.46. The highest BCUT2D eigenvalue weighted by molar-refractivity contribution is 5.67. The summed E-state index contributed by atoms with van der Waals surface area (Å²) in [6.45, 7) is 3.54. The fourth-order valence-electron chi connectivity index (χ4n) is 1.87. The number of carbonyl (C=O) groups excluding carboxylic acids is 3. The van der Waals surface area contributed by atoms with Crippen molar-refractivity contribution in [1.82, 2.24) is 0 Å². The summed E-state index contributed by atoms with van der Waals surface area (Å²) in [6, 6.07) is 0. The Kier molecular flexibility index (Phi) is 5.90. The van der Waals surface area contributed by atoms with Crippen LogP contribution < -0.4 is 0 Å². The number of ether oxygens (including phenoxy) is 5. The van der Waals surface area contributed by atoms with E-state index >= 15 is 0 Å². The molecule has 1 fully saturated rings. The van der Waals surface area contributed by atoms with Crippen molar-refractivity contribution in [3.05, 3.63) is 0 Å². The van der Waals surface area contributed by atoms with Gasteiger partial charge in [0.05, 0.1) is 0 Å². The molecule has 1 saturated heterocycles. The van der Waals surface area contributed by atoms with E-state index in [2.05, 4.69) is 0 Å². The van der Waals surface area contributed by atoms with E-state index in [4.69, 9.17) is 23.7 Å². The Morgan fingerprint density at radius 1 is 0.950 bits per heavy atom. The highest BCUT2D eigenvalue weighted by Gasteiger charge is 2.49. The van der Waals surface area contributed by atoms with Gasteiger partial charge < -0.3 is 23.7 Å². The Labute approximate surface area is 116 Å². The molecule has 0 radical (unpaired) electrons. The fraction of sp³-hybridized carbons (Fsp3) is 0.750. The number of carbonyl (C=O) groups is 3. The van der Waals surface area contributed by atoms with Gasteiger partial charge in [-0.15, -0.1) is 0 Å². The number of hydrogen-bond donors (Lipinski definition) is 0. The van der Waals surface area contributed by atoms with Crippen LogP contribution in [0.25, 0.3) is 0 Å². The van der Waals surface area contributed by atoms with Gasteiger partial charge in [-0.1, -0.05) is 0 Å². The maximum atomic E-state index is 11.1. The molecule has 8 nitrogen and oxygen atoms in total. The molecule has 0 N–H and O–H groups in total. The van der Waals surface area contributed by atoms with Crippen molar-refractivity contribution < 1.29 is 38.1 Å². The molecular formula is C12H18O8. The summed E-state index contributed by atoms with van der Waals surface area (Å²) in [5.41, 5.74) is 0. The summed E-state index contributed by atoms with van der Waals surface area (Å²) in [4.78, 5) is 33.1. The van der Waals surface area contributed by atoms with E-state index in [0.717, 1.165) is 0 Å². The summed E-state index contributed by atoms with van der Waals surface area (Å²) < 4.78 is 25.5. The van der Waals surface area contributed by atoms with E-state index < -0.39 is 42.5 Å². The minimum absolute atomic E-state index is 0.134. The van der Waals surface area contributed by atoms with Gasteiger partial charge in [0.2, 0.25) is 0 Å². The summed E-state index contributed by atoms with van der Waals surface area (Å²) in [5, 5.41) is 0. The van der Waals surface area contributed by atoms with E-state index in [0.29, 0.717) is 0 Å². The topological polar surface area (TPSA) is 97.4 Å². The number of methoxy groups -OCH3 is 1. The van der Waals surface area contributed by atoms with Crippen LogP contribution in [-0.2, 0) is 38.1 Å². The largest absolute Gasteiger partial charge is 0.463 e. The predicted octanol–water partition coefficient (Wildman–Crippen LogP) is -0.216. The predicted molar refractivity (Wildman–Crippen MR) is 63.4 cm³/mol. The third-order valence-electron chi connectivity index (χ3n) is 2.55. The first kappa shape index (κ1) is 16.4. The standard InChI is InChI=1S/C12H18O8/c1-6(13)17-5-9-10(18-7(2)14)11(19-8(3)15)12(16-4)20-9/h9-12H,5H2,1-4H3/t9-,10-,11-,12+/m0/s1. The van der Waals surface area contributed by atoms with Crippen LogP contribution in [0.3, 0.4) is 0 Å². The molecule has 0 aromatic carbocycles. The monoisotopic (exact) mass is 290 g/mol. The van der Waals surface area contributed by atoms with Crippen LogP contribution in [0, 0.1) is 0 Å². The molecule has 8 heteroatoms. The van der Waals surface area contributed by atoms with Crippen molar-refractivity contribution in [2.75, 3.05) is 13.7 Å². The minimum atomic E-state index is -0.915. The number of hydrogen-bond acceptors (Lipinski definition) is 8. The molecule has 1 rings (SSSR count). The molecular weight excluding hydrogens is 272 g/mol. The average Bonchev–Trinajstić information content (AvgIpc) is 2.63.